The molecule has 3 N–H and O–H groups in total. The molecule has 1 rings (SSSR count). The minimum absolute atomic E-state index is 0.00694. The number of nitro groups is 1. The maximum absolute atomic E-state index is 12.0. The number of hydrogen-bond donors (Lipinski definition) is 2. The lowest BCUT2D eigenvalue weighted by Crippen LogP contribution is -2.36. The minimum atomic E-state index is -0.589. The summed E-state index contributed by atoms with van der Waals surface area (Å²) in [6.45, 7) is 5.76. The fraction of sp³-hybridized carbons (Fsp3) is 0.417. The van der Waals surface area contributed by atoms with Crippen LogP contribution in [-0.2, 0) is 0 Å². The molecule has 0 heterocycles. The van der Waals surface area contributed by atoms with E-state index in [2.05, 4.69) is 5.32 Å². The number of amides is 1. The Labute approximate surface area is 105 Å². The van der Waals surface area contributed by atoms with Crippen LogP contribution in [0.5, 0.6) is 0 Å². The maximum Gasteiger partial charge on any atom is 0.282 e. The summed E-state index contributed by atoms with van der Waals surface area (Å²) < 4.78 is 0. The van der Waals surface area contributed by atoms with Crippen molar-refractivity contribution in [2.45, 2.75) is 26.8 Å². The lowest BCUT2D eigenvalue weighted by Gasteiger charge is -2.17. The molecular weight excluding hydrogens is 234 g/mol. The average molecular weight is 251 g/mol. The summed E-state index contributed by atoms with van der Waals surface area (Å²) in [5, 5.41) is 13.6. The number of carbonyl (C=O) groups is 1. The van der Waals surface area contributed by atoms with Crippen molar-refractivity contribution in [2.75, 3.05) is 5.73 Å². The molecule has 1 amide bonds. The summed E-state index contributed by atoms with van der Waals surface area (Å²) in [5.41, 5.74) is 5.63. The van der Waals surface area contributed by atoms with Gasteiger partial charge in [-0.05, 0) is 25.0 Å². The van der Waals surface area contributed by atoms with Gasteiger partial charge in [-0.15, -0.1) is 0 Å². The van der Waals surface area contributed by atoms with E-state index in [0.29, 0.717) is 5.69 Å². The zero-order valence-electron chi connectivity index (χ0n) is 10.6. The Hall–Kier alpha value is -2.11. The first-order valence-electron chi connectivity index (χ1n) is 5.67. The van der Waals surface area contributed by atoms with Gasteiger partial charge in [0, 0.05) is 17.8 Å². The van der Waals surface area contributed by atoms with E-state index in [0.717, 1.165) is 0 Å². The van der Waals surface area contributed by atoms with Gasteiger partial charge in [-0.3, -0.25) is 14.9 Å². The number of anilines is 1. The molecule has 1 atom stereocenters. The van der Waals surface area contributed by atoms with Crippen LogP contribution in [0.15, 0.2) is 18.2 Å². The highest BCUT2D eigenvalue weighted by molar-refractivity contribution is 5.99. The molecule has 98 valence electrons. The van der Waals surface area contributed by atoms with Crippen LogP contribution in [0.4, 0.5) is 11.4 Å². The van der Waals surface area contributed by atoms with Crippen LogP contribution in [-0.4, -0.2) is 16.9 Å². The van der Waals surface area contributed by atoms with Crippen LogP contribution >= 0.6 is 0 Å². The van der Waals surface area contributed by atoms with Crippen molar-refractivity contribution >= 4 is 17.3 Å². The van der Waals surface area contributed by atoms with Crippen molar-refractivity contribution in [3.8, 4) is 0 Å². The zero-order valence-corrected chi connectivity index (χ0v) is 10.6. The smallest absolute Gasteiger partial charge is 0.282 e. The van der Waals surface area contributed by atoms with E-state index in [1.54, 1.807) is 0 Å². The predicted molar refractivity (Wildman–Crippen MR) is 69.3 cm³/mol. The molecule has 18 heavy (non-hydrogen) atoms. The Morgan fingerprint density at radius 3 is 2.50 bits per heavy atom. The topological polar surface area (TPSA) is 98.3 Å². The molecular formula is C12H17N3O3. The van der Waals surface area contributed by atoms with Crippen molar-refractivity contribution < 1.29 is 9.72 Å². The van der Waals surface area contributed by atoms with Gasteiger partial charge < -0.3 is 11.1 Å². The van der Waals surface area contributed by atoms with E-state index in [1.165, 1.54) is 18.2 Å². The van der Waals surface area contributed by atoms with Gasteiger partial charge in [-0.25, -0.2) is 0 Å². The van der Waals surface area contributed by atoms with Crippen LogP contribution in [0.25, 0.3) is 0 Å². The zero-order chi connectivity index (χ0) is 13.9. The molecule has 0 spiro atoms. The first kappa shape index (κ1) is 14.0. The number of carbonyl (C=O) groups excluding carboxylic acids is 1. The van der Waals surface area contributed by atoms with E-state index in [9.17, 15) is 14.9 Å². The number of nitrogens with one attached hydrogen (secondary N) is 1. The second-order valence-electron chi connectivity index (χ2n) is 4.54. The summed E-state index contributed by atoms with van der Waals surface area (Å²) in [7, 11) is 0. The standard InChI is InChI=1S/C12H17N3O3/c1-7(2)8(3)14-12(16)10-6-9(13)4-5-11(10)15(17)18/h4-8H,13H2,1-3H3,(H,14,16). The Morgan fingerprint density at radius 2 is 2.00 bits per heavy atom. The summed E-state index contributed by atoms with van der Waals surface area (Å²) in [5.74, 6) is -0.232. The van der Waals surface area contributed by atoms with E-state index in [4.69, 9.17) is 5.73 Å². The minimum Gasteiger partial charge on any atom is -0.399 e. The van der Waals surface area contributed by atoms with Crippen molar-refractivity contribution in [3.63, 3.8) is 0 Å². The van der Waals surface area contributed by atoms with Crippen molar-refractivity contribution in [1.82, 2.24) is 5.32 Å². The second-order valence-corrected chi connectivity index (χ2v) is 4.54. The third-order valence-corrected chi connectivity index (χ3v) is 2.82. The van der Waals surface area contributed by atoms with Crippen LogP contribution in [0.2, 0.25) is 0 Å². The SMILES string of the molecule is CC(C)C(C)NC(=O)c1cc(N)ccc1[N+](=O)[O-]. The Balaban J connectivity index is 3.04. The third-order valence-electron chi connectivity index (χ3n) is 2.82. The summed E-state index contributed by atoms with van der Waals surface area (Å²) in [6.07, 6.45) is 0. The number of benzene rings is 1. The number of nitro benzene ring substituents is 1. The molecule has 1 aromatic rings. The molecule has 0 aliphatic rings. The largest absolute Gasteiger partial charge is 0.399 e. The summed E-state index contributed by atoms with van der Waals surface area (Å²) >= 11 is 0. The molecule has 1 aromatic carbocycles. The first-order chi connectivity index (χ1) is 8.32. The van der Waals surface area contributed by atoms with Crippen LogP contribution in [0, 0.1) is 16.0 Å². The first-order valence-corrected chi connectivity index (χ1v) is 5.67. The lowest BCUT2D eigenvalue weighted by molar-refractivity contribution is -0.385. The molecule has 0 aromatic heterocycles. The van der Waals surface area contributed by atoms with Gasteiger partial charge in [-0.1, -0.05) is 13.8 Å². The van der Waals surface area contributed by atoms with Gasteiger partial charge in [0.1, 0.15) is 5.56 Å². The van der Waals surface area contributed by atoms with Gasteiger partial charge in [0.25, 0.3) is 11.6 Å². The Kier molecular flexibility index (Phi) is 4.25. The third kappa shape index (κ3) is 3.19. The number of nitrogens with two attached hydrogens (primary N) is 1. The molecule has 0 saturated heterocycles. The summed E-state index contributed by atoms with van der Waals surface area (Å²) in [6, 6.07) is 3.89. The Morgan fingerprint density at radius 1 is 1.39 bits per heavy atom. The van der Waals surface area contributed by atoms with Gasteiger partial charge in [0.15, 0.2) is 0 Å². The highest BCUT2D eigenvalue weighted by atomic mass is 16.6. The highest BCUT2D eigenvalue weighted by Crippen LogP contribution is 2.21. The molecule has 0 aliphatic heterocycles. The molecule has 0 bridgehead atoms. The molecule has 0 aliphatic carbocycles. The van der Waals surface area contributed by atoms with Crippen molar-refractivity contribution in [2.24, 2.45) is 5.92 Å². The van der Waals surface area contributed by atoms with Crippen LogP contribution in [0.1, 0.15) is 31.1 Å². The molecule has 6 heteroatoms. The molecule has 0 saturated carbocycles. The number of nitrogens with zero attached hydrogens (tertiary/aromatic N) is 1. The van der Waals surface area contributed by atoms with Gasteiger partial charge in [-0.2, -0.15) is 0 Å². The monoisotopic (exact) mass is 251 g/mol. The normalized spacial score (nSPS) is 12.2. The van der Waals surface area contributed by atoms with E-state index in [1.807, 2.05) is 20.8 Å². The van der Waals surface area contributed by atoms with E-state index in [-0.39, 0.29) is 23.2 Å². The predicted octanol–water partition coefficient (Wildman–Crippen LogP) is 1.95. The average Bonchev–Trinajstić information content (AvgIpc) is 2.28. The van der Waals surface area contributed by atoms with Gasteiger partial charge in [0.05, 0.1) is 4.92 Å². The second kappa shape index (κ2) is 5.48. The van der Waals surface area contributed by atoms with Crippen molar-refractivity contribution in [3.05, 3.63) is 33.9 Å². The number of rotatable bonds is 4. The van der Waals surface area contributed by atoms with E-state index < -0.39 is 10.8 Å². The Bertz CT molecular complexity index is 472. The van der Waals surface area contributed by atoms with E-state index >= 15 is 0 Å². The maximum atomic E-state index is 12.0. The van der Waals surface area contributed by atoms with Crippen LogP contribution in [0.3, 0.4) is 0 Å². The molecule has 1 unspecified atom stereocenters. The number of hydrogen-bond acceptors (Lipinski definition) is 4. The van der Waals surface area contributed by atoms with Gasteiger partial charge in [0.2, 0.25) is 0 Å². The fourth-order valence-corrected chi connectivity index (χ4v) is 1.35. The quantitative estimate of drug-likeness (QED) is 0.485. The molecule has 6 nitrogen and oxygen atoms in total. The molecule has 0 radical (unpaired) electrons. The number of nitrogen functional groups attached to an aromatic ring is 1. The van der Waals surface area contributed by atoms with Gasteiger partial charge >= 0.3 is 0 Å². The van der Waals surface area contributed by atoms with Crippen molar-refractivity contribution in [1.29, 1.82) is 0 Å². The fourth-order valence-electron chi connectivity index (χ4n) is 1.35. The molecule has 0 fully saturated rings. The lowest BCUT2D eigenvalue weighted by atomic mass is 10.1. The van der Waals surface area contributed by atoms with Crippen LogP contribution < -0.4 is 11.1 Å². The highest BCUT2D eigenvalue weighted by Gasteiger charge is 2.22. The summed E-state index contributed by atoms with van der Waals surface area (Å²) in [4.78, 5) is 22.2.